The fourth-order valence-electron chi connectivity index (χ4n) is 3.47. The maximum Gasteiger partial charge on any atom is 0.143 e. The first-order valence-corrected chi connectivity index (χ1v) is 10.9. The molecule has 2 aliphatic heterocycles. The first-order valence-electron chi connectivity index (χ1n) is 9.88. The topological polar surface area (TPSA) is 114 Å². The first kappa shape index (κ1) is 20.5. The number of benzene rings is 1. The van der Waals surface area contributed by atoms with E-state index in [1.54, 1.807) is 0 Å². The highest BCUT2D eigenvalue weighted by molar-refractivity contribution is 7.99. The van der Waals surface area contributed by atoms with Crippen molar-refractivity contribution in [3.63, 3.8) is 0 Å². The molecule has 0 amide bonds. The van der Waals surface area contributed by atoms with Crippen LogP contribution in [0.2, 0.25) is 0 Å². The number of ether oxygens (including phenoxy) is 3. The van der Waals surface area contributed by atoms with Crippen LogP contribution in [0.25, 0.3) is 11.1 Å². The van der Waals surface area contributed by atoms with E-state index in [9.17, 15) is 10.5 Å². The summed E-state index contributed by atoms with van der Waals surface area (Å²) in [5.74, 6) is 2.11. The van der Waals surface area contributed by atoms with E-state index < -0.39 is 0 Å². The second-order valence-electron chi connectivity index (χ2n) is 7.35. The Morgan fingerprint density at radius 2 is 1.87 bits per heavy atom. The minimum atomic E-state index is 0.0454. The van der Waals surface area contributed by atoms with Gasteiger partial charge >= 0.3 is 0 Å². The molecule has 0 bridgehead atoms. The standard InChI is InChI=1S/C22H22N4O3S/c23-8-18-20(15-3-5-16(6-4-15)29-17-2-1-7-27-12-17)19(9-24)22(26-21(18)25)30-13-14-10-28-11-14/h3-6,14,17H,1-2,7,10-13H2,(H2,25,26). The van der Waals surface area contributed by atoms with E-state index in [0.717, 1.165) is 49.7 Å². The Kier molecular flexibility index (Phi) is 6.39. The van der Waals surface area contributed by atoms with Gasteiger partial charge in [0.15, 0.2) is 0 Å². The van der Waals surface area contributed by atoms with Crippen LogP contribution < -0.4 is 10.5 Å². The molecule has 7 nitrogen and oxygen atoms in total. The van der Waals surface area contributed by atoms with Crippen LogP contribution in [0, 0.1) is 28.6 Å². The zero-order valence-corrected chi connectivity index (χ0v) is 17.3. The lowest BCUT2D eigenvalue weighted by Gasteiger charge is -2.25. The van der Waals surface area contributed by atoms with Gasteiger partial charge in [0, 0.05) is 23.8 Å². The molecule has 2 fully saturated rings. The number of nitrogens with two attached hydrogens (primary N) is 1. The normalized spacial score (nSPS) is 18.8. The molecule has 1 aromatic heterocycles. The molecule has 2 N–H and O–H groups in total. The maximum absolute atomic E-state index is 9.86. The van der Waals surface area contributed by atoms with Crippen molar-refractivity contribution in [2.45, 2.75) is 24.0 Å². The molecule has 154 valence electrons. The summed E-state index contributed by atoms with van der Waals surface area (Å²) in [5, 5.41) is 20.1. The number of pyridine rings is 1. The van der Waals surface area contributed by atoms with Crippen molar-refractivity contribution < 1.29 is 14.2 Å². The molecule has 2 aliphatic rings. The molecule has 1 unspecified atom stereocenters. The first-order chi connectivity index (χ1) is 14.7. The highest BCUT2D eigenvalue weighted by Gasteiger charge is 2.24. The molecular formula is C22H22N4O3S. The Balaban J connectivity index is 1.63. The van der Waals surface area contributed by atoms with E-state index >= 15 is 0 Å². The van der Waals surface area contributed by atoms with Crippen molar-refractivity contribution in [2.24, 2.45) is 5.92 Å². The average molecular weight is 423 g/mol. The predicted molar refractivity (Wildman–Crippen MR) is 113 cm³/mol. The van der Waals surface area contributed by atoms with Gasteiger partial charge in [-0.2, -0.15) is 10.5 Å². The summed E-state index contributed by atoms with van der Waals surface area (Å²) in [7, 11) is 0. The number of anilines is 1. The molecule has 4 rings (SSSR count). The van der Waals surface area contributed by atoms with E-state index in [0.29, 0.717) is 28.7 Å². The van der Waals surface area contributed by atoms with Crippen molar-refractivity contribution >= 4 is 17.6 Å². The van der Waals surface area contributed by atoms with Gasteiger partial charge in [0.25, 0.3) is 0 Å². The SMILES string of the molecule is N#Cc1c(N)nc(SCC2COC2)c(C#N)c1-c1ccc(OC2CCCOC2)cc1. The van der Waals surface area contributed by atoms with Crippen molar-refractivity contribution in [2.75, 3.05) is 37.9 Å². The molecular weight excluding hydrogens is 400 g/mol. The molecule has 0 saturated carbocycles. The molecule has 8 heteroatoms. The molecule has 0 aliphatic carbocycles. The Hall–Kier alpha value is -2.78. The van der Waals surface area contributed by atoms with E-state index in [1.807, 2.05) is 24.3 Å². The Labute approximate surface area is 179 Å². The van der Waals surface area contributed by atoms with Gasteiger partial charge in [-0.15, -0.1) is 11.8 Å². The van der Waals surface area contributed by atoms with Gasteiger partial charge in [0.2, 0.25) is 0 Å². The van der Waals surface area contributed by atoms with Crippen LogP contribution in [-0.2, 0) is 9.47 Å². The fourth-order valence-corrected chi connectivity index (χ4v) is 4.51. The average Bonchev–Trinajstić information content (AvgIpc) is 2.73. The highest BCUT2D eigenvalue weighted by atomic mass is 32.2. The van der Waals surface area contributed by atoms with Gasteiger partial charge in [-0.3, -0.25) is 0 Å². The molecule has 1 atom stereocenters. The van der Waals surface area contributed by atoms with Crippen LogP contribution >= 0.6 is 11.8 Å². The van der Waals surface area contributed by atoms with E-state index in [2.05, 4.69) is 17.1 Å². The number of hydrogen-bond acceptors (Lipinski definition) is 8. The molecule has 2 saturated heterocycles. The minimum Gasteiger partial charge on any atom is -0.488 e. The number of aromatic nitrogens is 1. The summed E-state index contributed by atoms with van der Waals surface area (Å²) in [6, 6.07) is 11.8. The van der Waals surface area contributed by atoms with Crippen LogP contribution in [0.4, 0.5) is 5.82 Å². The predicted octanol–water partition coefficient (Wildman–Crippen LogP) is 3.37. The number of nitriles is 2. The Morgan fingerprint density at radius 3 is 2.47 bits per heavy atom. The summed E-state index contributed by atoms with van der Waals surface area (Å²) in [5.41, 5.74) is 7.93. The smallest absolute Gasteiger partial charge is 0.143 e. The zero-order chi connectivity index (χ0) is 20.9. The molecule has 30 heavy (non-hydrogen) atoms. The molecule has 0 radical (unpaired) electrons. The molecule has 2 aromatic rings. The number of hydrogen-bond donors (Lipinski definition) is 1. The summed E-state index contributed by atoms with van der Waals surface area (Å²) >= 11 is 1.48. The number of rotatable bonds is 6. The summed E-state index contributed by atoms with van der Waals surface area (Å²) in [6.45, 7) is 2.82. The quantitative estimate of drug-likeness (QED) is 0.705. The van der Waals surface area contributed by atoms with Crippen molar-refractivity contribution in [3.05, 3.63) is 35.4 Å². The Bertz CT molecular complexity index is 987. The van der Waals surface area contributed by atoms with Gasteiger partial charge in [-0.1, -0.05) is 12.1 Å². The number of thioether (sulfide) groups is 1. The lowest BCUT2D eigenvalue weighted by Crippen LogP contribution is -2.29. The third kappa shape index (κ3) is 4.36. The van der Waals surface area contributed by atoms with Gasteiger partial charge in [-0.05, 0) is 30.5 Å². The second-order valence-corrected chi connectivity index (χ2v) is 8.36. The van der Waals surface area contributed by atoms with Gasteiger partial charge in [0.1, 0.15) is 40.4 Å². The monoisotopic (exact) mass is 422 g/mol. The molecule has 0 spiro atoms. The minimum absolute atomic E-state index is 0.0454. The zero-order valence-electron chi connectivity index (χ0n) is 16.5. The number of nitrogen functional groups attached to an aromatic ring is 1. The third-order valence-corrected chi connectivity index (χ3v) is 6.35. The van der Waals surface area contributed by atoms with E-state index in [-0.39, 0.29) is 17.5 Å². The third-order valence-electron chi connectivity index (χ3n) is 5.14. The van der Waals surface area contributed by atoms with Crippen LogP contribution in [0.15, 0.2) is 29.3 Å². The van der Waals surface area contributed by atoms with E-state index in [1.165, 1.54) is 11.8 Å². The van der Waals surface area contributed by atoms with Gasteiger partial charge < -0.3 is 19.9 Å². The summed E-state index contributed by atoms with van der Waals surface area (Å²) in [4.78, 5) is 4.34. The van der Waals surface area contributed by atoms with Crippen LogP contribution in [-0.4, -0.2) is 43.3 Å². The van der Waals surface area contributed by atoms with Gasteiger partial charge in [0.05, 0.1) is 25.4 Å². The largest absolute Gasteiger partial charge is 0.488 e. The Morgan fingerprint density at radius 1 is 1.10 bits per heavy atom. The summed E-state index contributed by atoms with van der Waals surface area (Å²) in [6.07, 6.45) is 2.00. The lowest BCUT2D eigenvalue weighted by atomic mass is 9.97. The molecule has 1 aromatic carbocycles. The van der Waals surface area contributed by atoms with Crippen molar-refractivity contribution in [1.82, 2.24) is 4.98 Å². The summed E-state index contributed by atoms with van der Waals surface area (Å²) < 4.78 is 16.7. The van der Waals surface area contributed by atoms with Crippen LogP contribution in [0.3, 0.4) is 0 Å². The van der Waals surface area contributed by atoms with Gasteiger partial charge in [-0.25, -0.2) is 4.98 Å². The van der Waals surface area contributed by atoms with Crippen LogP contribution in [0.5, 0.6) is 5.75 Å². The number of nitrogens with zero attached hydrogens (tertiary/aromatic N) is 3. The van der Waals surface area contributed by atoms with Crippen LogP contribution in [0.1, 0.15) is 24.0 Å². The van der Waals surface area contributed by atoms with Crippen molar-refractivity contribution in [3.8, 4) is 29.0 Å². The van der Waals surface area contributed by atoms with Crippen molar-refractivity contribution in [1.29, 1.82) is 10.5 Å². The molecule has 3 heterocycles. The fraction of sp³-hybridized carbons (Fsp3) is 0.409. The second kappa shape index (κ2) is 9.36. The maximum atomic E-state index is 9.86. The van der Waals surface area contributed by atoms with E-state index in [4.69, 9.17) is 19.9 Å². The highest BCUT2D eigenvalue weighted by Crippen LogP contribution is 2.37. The lowest BCUT2D eigenvalue weighted by molar-refractivity contribution is -0.0196.